The number of ether oxygens (including phenoxy) is 1. The van der Waals surface area contributed by atoms with Gasteiger partial charge in [0.25, 0.3) is 11.6 Å². The monoisotopic (exact) mass is 367 g/mol. The maximum atomic E-state index is 12.6. The lowest BCUT2D eigenvalue weighted by atomic mass is 10.2. The van der Waals surface area contributed by atoms with Gasteiger partial charge in [-0.15, -0.1) is 6.42 Å². The molecule has 8 heteroatoms. The van der Waals surface area contributed by atoms with E-state index in [9.17, 15) is 14.9 Å². The third-order valence-electron chi connectivity index (χ3n) is 3.66. The van der Waals surface area contributed by atoms with Gasteiger partial charge >= 0.3 is 0 Å². The molecule has 0 N–H and O–H groups in total. The van der Waals surface area contributed by atoms with Gasteiger partial charge in [0.1, 0.15) is 5.75 Å². The topological polar surface area (TPSA) is 86.7 Å². The summed E-state index contributed by atoms with van der Waals surface area (Å²) in [6, 6.07) is 11.2. The van der Waals surface area contributed by atoms with Crippen LogP contribution in [0.5, 0.6) is 5.75 Å². The fraction of sp³-hybridized carbons (Fsp3) is 0.111. The SMILES string of the molecule is C#CCn1c(=NC(=O)c2ccccc2OC)sc2ccc([N+](=O)[O-])cc21. The highest BCUT2D eigenvalue weighted by atomic mass is 32.1. The molecule has 1 amide bonds. The lowest BCUT2D eigenvalue weighted by molar-refractivity contribution is -0.384. The molecular weight excluding hydrogens is 354 g/mol. The molecule has 1 aromatic heterocycles. The lowest BCUT2D eigenvalue weighted by Crippen LogP contribution is -2.16. The molecule has 7 nitrogen and oxygen atoms in total. The number of rotatable bonds is 4. The van der Waals surface area contributed by atoms with E-state index in [-0.39, 0.29) is 12.2 Å². The molecule has 0 aliphatic carbocycles. The predicted molar refractivity (Wildman–Crippen MR) is 98.2 cm³/mol. The zero-order valence-corrected chi connectivity index (χ0v) is 14.5. The van der Waals surface area contributed by atoms with E-state index < -0.39 is 10.8 Å². The molecule has 3 rings (SSSR count). The minimum Gasteiger partial charge on any atom is -0.496 e. The number of hydrogen-bond donors (Lipinski definition) is 0. The predicted octanol–water partition coefficient (Wildman–Crippen LogP) is 2.99. The summed E-state index contributed by atoms with van der Waals surface area (Å²) in [6.07, 6.45) is 5.42. The maximum Gasteiger partial charge on any atom is 0.283 e. The summed E-state index contributed by atoms with van der Waals surface area (Å²) >= 11 is 1.24. The minimum atomic E-state index is -0.478. The molecule has 0 unspecified atom stereocenters. The minimum absolute atomic E-state index is 0.0522. The summed E-state index contributed by atoms with van der Waals surface area (Å²) in [6.45, 7) is 0.138. The standard InChI is InChI=1S/C18H13N3O4S/c1-3-10-20-14-11-12(21(23)24)8-9-16(14)26-18(20)19-17(22)13-6-4-5-7-15(13)25-2/h1,4-9,11H,10H2,2H3. The molecule has 0 bridgehead atoms. The number of non-ortho nitro benzene ring substituents is 1. The molecular formula is C18H13N3O4S. The average Bonchev–Trinajstić information content (AvgIpc) is 2.98. The zero-order chi connectivity index (χ0) is 18.7. The van der Waals surface area contributed by atoms with Crippen LogP contribution in [0.4, 0.5) is 5.69 Å². The first-order valence-electron chi connectivity index (χ1n) is 7.48. The molecule has 1 heterocycles. The highest BCUT2D eigenvalue weighted by molar-refractivity contribution is 7.16. The van der Waals surface area contributed by atoms with Crippen LogP contribution in [0.1, 0.15) is 10.4 Å². The van der Waals surface area contributed by atoms with E-state index in [1.54, 1.807) is 34.9 Å². The molecule has 0 saturated carbocycles. The smallest absolute Gasteiger partial charge is 0.283 e. The number of thiazole rings is 1. The molecule has 26 heavy (non-hydrogen) atoms. The molecule has 130 valence electrons. The molecule has 0 spiro atoms. The van der Waals surface area contributed by atoms with Gasteiger partial charge in [-0.3, -0.25) is 14.9 Å². The number of amides is 1. The summed E-state index contributed by atoms with van der Waals surface area (Å²) in [5.41, 5.74) is 0.836. The van der Waals surface area contributed by atoms with Gasteiger partial charge < -0.3 is 9.30 Å². The second-order valence-corrected chi connectivity index (χ2v) is 6.21. The van der Waals surface area contributed by atoms with Gasteiger partial charge in [0.15, 0.2) is 4.80 Å². The number of aromatic nitrogens is 1. The highest BCUT2D eigenvalue weighted by Crippen LogP contribution is 2.23. The van der Waals surface area contributed by atoms with Crippen LogP contribution in [0.15, 0.2) is 47.5 Å². The Kier molecular flexibility index (Phi) is 4.82. The van der Waals surface area contributed by atoms with Crippen LogP contribution < -0.4 is 9.54 Å². The molecule has 0 aliphatic rings. The number of carbonyl (C=O) groups is 1. The Hall–Kier alpha value is -3.44. The van der Waals surface area contributed by atoms with E-state index in [2.05, 4.69) is 10.9 Å². The van der Waals surface area contributed by atoms with Crippen molar-refractivity contribution in [2.45, 2.75) is 6.54 Å². The Morgan fingerprint density at radius 3 is 2.85 bits per heavy atom. The van der Waals surface area contributed by atoms with Gasteiger partial charge in [-0.25, -0.2) is 0 Å². The van der Waals surface area contributed by atoms with Crippen LogP contribution in [0, 0.1) is 22.5 Å². The van der Waals surface area contributed by atoms with E-state index in [1.165, 1.54) is 30.6 Å². The molecule has 0 radical (unpaired) electrons. The van der Waals surface area contributed by atoms with E-state index >= 15 is 0 Å². The quantitative estimate of drug-likeness (QED) is 0.403. The highest BCUT2D eigenvalue weighted by Gasteiger charge is 2.14. The summed E-state index contributed by atoms with van der Waals surface area (Å²) in [5, 5.41) is 11.0. The zero-order valence-electron chi connectivity index (χ0n) is 13.7. The second-order valence-electron chi connectivity index (χ2n) is 5.20. The number of nitro benzene ring substituents is 1. The Morgan fingerprint density at radius 2 is 2.15 bits per heavy atom. The number of nitrogens with zero attached hydrogens (tertiary/aromatic N) is 3. The van der Waals surface area contributed by atoms with Gasteiger partial charge in [0, 0.05) is 12.1 Å². The van der Waals surface area contributed by atoms with Crippen molar-refractivity contribution in [3.63, 3.8) is 0 Å². The third-order valence-corrected chi connectivity index (χ3v) is 4.72. The number of hydrogen-bond acceptors (Lipinski definition) is 5. The number of methoxy groups -OCH3 is 1. The Bertz CT molecular complexity index is 1120. The van der Waals surface area contributed by atoms with Gasteiger partial charge in [-0.2, -0.15) is 4.99 Å². The number of para-hydroxylation sites is 1. The first-order valence-corrected chi connectivity index (χ1v) is 8.30. The van der Waals surface area contributed by atoms with Crippen molar-refractivity contribution in [3.05, 3.63) is 62.9 Å². The van der Waals surface area contributed by atoms with Crippen molar-refractivity contribution < 1.29 is 14.5 Å². The molecule has 0 fully saturated rings. The van der Waals surface area contributed by atoms with E-state index in [0.29, 0.717) is 21.6 Å². The van der Waals surface area contributed by atoms with Crippen molar-refractivity contribution in [2.24, 2.45) is 4.99 Å². The van der Waals surface area contributed by atoms with Crippen molar-refractivity contribution in [1.29, 1.82) is 0 Å². The van der Waals surface area contributed by atoms with Crippen LogP contribution in [0.25, 0.3) is 10.2 Å². The fourth-order valence-electron chi connectivity index (χ4n) is 2.47. The van der Waals surface area contributed by atoms with E-state index in [4.69, 9.17) is 11.2 Å². The second kappa shape index (κ2) is 7.21. The van der Waals surface area contributed by atoms with Crippen LogP contribution in [0.3, 0.4) is 0 Å². The Labute approximate surface area is 152 Å². The first-order chi connectivity index (χ1) is 12.5. The normalized spacial score (nSPS) is 11.3. The Balaban J connectivity index is 2.19. The van der Waals surface area contributed by atoms with Gasteiger partial charge in [-0.05, 0) is 18.2 Å². The van der Waals surface area contributed by atoms with Crippen LogP contribution in [-0.2, 0) is 6.54 Å². The Morgan fingerprint density at radius 1 is 1.38 bits per heavy atom. The van der Waals surface area contributed by atoms with Crippen molar-refractivity contribution in [3.8, 4) is 18.1 Å². The molecule has 3 aromatic rings. The van der Waals surface area contributed by atoms with Crippen molar-refractivity contribution >= 4 is 33.1 Å². The lowest BCUT2D eigenvalue weighted by Gasteiger charge is -2.04. The van der Waals surface area contributed by atoms with Gasteiger partial charge in [-0.1, -0.05) is 29.4 Å². The summed E-state index contributed by atoms with van der Waals surface area (Å²) in [7, 11) is 1.48. The fourth-order valence-corrected chi connectivity index (χ4v) is 3.48. The molecule has 2 aromatic carbocycles. The number of nitro groups is 1. The molecule has 0 atom stereocenters. The van der Waals surface area contributed by atoms with Gasteiger partial charge in [0.2, 0.25) is 0 Å². The average molecular weight is 367 g/mol. The summed E-state index contributed by atoms with van der Waals surface area (Å²) in [5.74, 6) is 2.43. The first kappa shape index (κ1) is 17.4. The maximum absolute atomic E-state index is 12.6. The molecule has 0 aliphatic heterocycles. The van der Waals surface area contributed by atoms with Crippen LogP contribution in [-0.4, -0.2) is 22.5 Å². The van der Waals surface area contributed by atoms with E-state index in [0.717, 1.165) is 4.70 Å². The van der Waals surface area contributed by atoms with Crippen molar-refractivity contribution in [1.82, 2.24) is 4.57 Å². The van der Waals surface area contributed by atoms with Gasteiger partial charge in [0.05, 0.1) is 34.4 Å². The summed E-state index contributed by atoms with van der Waals surface area (Å²) in [4.78, 5) is 27.7. The van der Waals surface area contributed by atoms with Crippen molar-refractivity contribution in [2.75, 3.05) is 7.11 Å². The summed E-state index contributed by atoms with van der Waals surface area (Å²) < 4.78 is 7.55. The number of benzene rings is 2. The third kappa shape index (κ3) is 3.20. The van der Waals surface area contributed by atoms with Crippen LogP contribution >= 0.6 is 11.3 Å². The number of terminal acetylenes is 1. The largest absolute Gasteiger partial charge is 0.496 e. The number of fused-ring (bicyclic) bond motifs is 1. The molecule has 0 saturated heterocycles. The number of carbonyl (C=O) groups excluding carboxylic acids is 1. The van der Waals surface area contributed by atoms with Crippen LogP contribution in [0.2, 0.25) is 0 Å². The van der Waals surface area contributed by atoms with E-state index in [1.807, 2.05) is 0 Å².